The fourth-order valence-electron chi connectivity index (χ4n) is 2.51. The van der Waals surface area contributed by atoms with E-state index in [0.29, 0.717) is 11.3 Å². The second-order valence-corrected chi connectivity index (χ2v) is 5.55. The van der Waals surface area contributed by atoms with E-state index in [1.165, 1.54) is 12.8 Å². The summed E-state index contributed by atoms with van der Waals surface area (Å²) in [5.74, 6) is 0.317. The Hall–Kier alpha value is -0.320. The lowest BCUT2D eigenvalue weighted by molar-refractivity contribution is -0.124. The van der Waals surface area contributed by atoms with Gasteiger partial charge in [-0.05, 0) is 43.4 Å². The van der Waals surface area contributed by atoms with Crippen LogP contribution >= 0.6 is 12.4 Å². The molecule has 1 heterocycles. The first-order chi connectivity index (χ1) is 8.17. The molecule has 1 unspecified atom stereocenters. The highest BCUT2D eigenvalue weighted by Crippen LogP contribution is 2.47. The predicted molar refractivity (Wildman–Crippen MR) is 73.7 cm³/mol. The molecule has 4 nitrogen and oxygen atoms in total. The van der Waals surface area contributed by atoms with Crippen molar-refractivity contribution in [1.29, 1.82) is 0 Å². The van der Waals surface area contributed by atoms with Gasteiger partial charge in [-0.2, -0.15) is 0 Å². The first kappa shape index (κ1) is 15.7. The van der Waals surface area contributed by atoms with Crippen LogP contribution in [0.5, 0.6) is 0 Å². The summed E-state index contributed by atoms with van der Waals surface area (Å²) in [4.78, 5) is 12.0. The normalized spacial score (nSPS) is 23.9. The minimum atomic E-state index is -0.355. The van der Waals surface area contributed by atoms with Crippen LogP contribution in [-0.4, -0.2) is 31.7 Å². The predicted octanol–water partition coefficient (Wildman–Crippen LogP) is 1.47. The van der Waals surface area contributed by atoms with Crippen molar-refractivity contribution in [2.45, 2.75) is 45.1 Å². The Kier molecular flexibility index (Phi) is 5.89. The maximum Gasteiger partial charge on any atom is 0.237 e. The molecule has 3 N–H and O–H groups in total. The summed E-state index contributed by atoms with van der Waals surface area (Å²) in [6.07, 6.45) is 5.47. The second kappa shape index (κ2) is 6.73. The highest BCUT2D eigenvalue weighted by Gasteiger charge is 2.41. The Morgan fingerprint density at radius 3 is 2.56 bits per heavy atom. The van der Waals surface area contributed by atoms with Crippen molar-refractivity contribution in [2.75, 3.05) is 19.8 Å². The van der Waals surface area contributed by atoms with E-state index in [0.717, 1.165) is 39.0 Å². The van der Waals surface area contributed by atoms with Gasteiger partial charge in [0, 0.05) is 19.8 Å². The molecule has 1 saturated carbocycles. The highest BCUT2D eigenvalue weighted by molar-refractivity contribution is 5.85. The van der Waals surface area contributed by atoms with Gasteiger partial charge in [-0.1, -0.05) is 6.92 Å². The van der Waals surface area contributed by atoms with Crippen LogP contribution in [-0.2, 0) is 9.53 Å². The SMILES string of the molecule is CCC1(CNC(=O)C(N)C2CCOCC2)CC1.Cl. The van der Waals surface area contributed by atoms with Gasteiger partial charge in [-0.3, -0.25) is 4.79 Å². The fraction of sp³-hybridized carbons (Fsp3) is 0.923. The summed E-state index contributed by atoms with van der Waals surface area (Å²) in [6, 6.07) is -0.355. The van der Waals surface area contributed by atoms with Crippen LogP contribution in [0.4, 0.5) is 0 Å². The number of nitrogens with two attached hydrogens (primary N) is 1. The molecule has 0 bridgehead atoms. The molecule has 1 amide bonds. The van der Waals surface area contributed by atoms with Crippen molar-refractivity contribution >= 4 is 18.3 Å². The molecule has 1 aliphatic carbocycles. The van der Waals surface area contributed by atoms with Crippen LogP contribution in [0, 0.1) is 11.3 Å². The maximum absolute atomic E-state index is 12.0. The number of carbonyl (C=O) groups is 1. The van der Waals surface area contributed by atoms with E-state index >= 15 is 0 Å². The van der Waals surface area contributed by atoms with Gasteiger partial charge in [0.15, 0.2) is 0 Å². The minimum Gasteiger partial charge on any atom is -0.381 e. The lowest BCUT2D eigenvalue weighted by atomic mass is 9.91. The van der Waals surface area contributed by atoms with Gasteiger partial charge in [0.25, 0.3) is 0 Å². The number of nitrogens with one attached hydrogen (secondary N) is 1. The van der Waals surface area contributed by atoms with Crippen LogP contribution in [0.2, 0.25) is 0 Å². The molecule has 1 aliphatic heterocycles. The number of ether oxygens (including phenoxy) is 1. The van der Waals surface area contributed by atoms with E-state index in [-0.39, 0.29) is 24.4 Å². The maximum atomic E-state index is 12.0. The summed E-state index contributed by atoms with van der Waals surface area (Å²) < 4.78 is 5.28. The number of rotatable bonds is 5. The highest BCUT2D eigenvalue weighted by atomic mass is 35.5. The summed E-state index contributed by atoms with van der Waals surface area (Å²) in [5, 5.41) is 3.03. The average molecular weight is 277 g/mol. The number of amides is 1. The molecule has 106 valence electrons. The van der Waals surface area contributed by atoms with Gasteiger partial charge in [0.05, 0.1) is 6.04 Å². The zero-order chi connectivity index (χ0) is 12.3. The Morgan fingerprint density at radius 2 is 2.06 bits per heavy atom. The van der Waals surface area contributed by atoms with E-state index in [9.17, 15) is 4.79 Å². The minimum absolute atomic E-state index is 0. The molecular weight excluding hydrogens is 252 g/mol. The summed E-state index contributed by atoms with van der Waals surface area (Å²) in [5.41, 5.74) is 6.41. The van der Waals surface area contributed by atoms with Gasteiger partial charge in [-0.25, -0.2) is 0 Å². The average Bonchev–Trinajstić information content (AvgIpc) is 3.17. The molecule has 2 aliphatic rings. The van der Waals surface area contributed by atoms with E-state index in [1.807, 2.05) is 0 Å². The standard InChI is InChI=1S/C13H24N2O2.ClH/c1-2-13(5-6-13)9-15-12(16)11(14)10-3-7-17-8-4-10;/h10-11H,2-9,14H2,1H3,(H,15,16);1H. The quantitative estimate of drug-likeness (QED) is 0.799. The van der Waals surface area contributed by atoms with Crippen molar-refractivity contribution in [3.05, 3.63) is 0 Å². The summed E-state index contributed by atoms with van der Waals surface area (Å²) in [6.45, 7) is 4.48. The lowest BCUT2D eigenvalue weighted by Crippen LogP contribution is -2.48. The van der Waals surface area contributed by atoms with Gasteiger partial charge >= 0.3 is 0 Å². The molecule has 0 aromatic heterocycles. The Morgan fingerprint density at radius 1 is 1.44 bits per heavy atom. The van der Waals surface area contributed by atoms with Crippen LogP contribution in [0.15, 0.2) is 0 Å². The van der Waals surface area contributed by atoms with Crippen LogP contribution in [0.1, 0.15) is 39.0 Å². The largest absolute Gasteiger partial charge is 0.381 e. The van der Waals surface area contributed by atoms with Gasteiger partial charge < -0.3 is 15.8 Å². The van der Waals surface area contributed by atoms with Crippen LogP contribution < -0.4 is 11.1 Å². The van der Waals surface area contributed by atoms with E-state index in [1.54, 1.807) is 0 Å². The van der Waals surface area contributed by atoms with E-state index < -0.39 is 0 Å². The third kappa shape index (κ3) is 3.84. The Bertz CT molecular complexity index is 276. The summed E-state index contributed by atoms with van der Waals surface area (Å²) in [7, 11) is 0. The number of carbonyl (C=O) groups excluding carboxylic acids is 1. The first-order valence-corrected chi connectivity index (χ1v) is 6.78. The molecular formula is C13H25ClN2O2. The van der Waals surface area contributed by atoms with Crippen molar-refractivity contribution in [1.82, 2.24) is 5.32 Å². The molecule has 2 fully saturated rings. The molecule has 0 radical (unpaired) electrons. The topological polar surface area (TPSA) is 64.4 Å². The fourth-order valence-corrected chi connectivity index (χ4v) is 2.51. The number of hydrogen-bond donors (Lipinski definition) is 2. The monoisotopic (exact) mass is 276 g/mol. The lowest BCUT2D eigenvalue weighted by Gasteiger charge is -2.27. The van der Waals surface area contributed by atoms with E-state index in [4.69, 9.17) is 10.5 Å². The van der Waals surface area contributed by atoms with Crippen molar-refractivity contribution in [2.24, 2.45) is 17.1 Å². The molecule has 18 heavy (non-hydrogen) atoms. The van der Waals surface area contributed by atoms with E-state index in [2.05, 4.69) is 12.2 Å². The van der Waals surface area contributed by atoms with Crippen molar-refractivity contribution < 1.29 is 9.53 Å². The third-order valence-electron chi connectivity index (χ3n) is 4.42. The molecule has 0 aromatic carbocycles. The van der Waals surface area contributed by atoms with Gasteiger partial charge in [0.1, 0.15) is 0 Å². The summed E-state index contributed by atoms with van der Waals surface area (Å²) >= 11 is 0. The van der Waals surface area contributed by atoms with Crippen LogP contribution in [0.25, 0.3) is 0 Å². The van der Waals surface area contributed by atoms with Crippen molar-refractivity contribution in [3.63, 3.8) is 0 Å². The van der Waals surface area contributed by atoms with Crippen LogP contribution in [0.3, 0.4) is 0 Å². The molecule has 1 saturated heterocycles. The molecule has 0 spiro atoms. The molecule has 2 rings (SSSR count). The zero-order valence-corrected chi connectivity index (χ0v) is 11.9. The zero-order valence-electron chi connectivity index (χ0n) is 11.1. The van der Waals surface area contributed by atoms with Gasteiger partial charge in [0.2, 0.25) is 5.91 Å². The Balaban J connectivity index is 0.00000162. The third-order valence-corrected chi connectivity index (χ3v) is 4.42. The first-order valence-electron chi connectivity index (χ1n) is 6.78. The van der Waals surface area contributed by atoms with Crippen molar-refractivity contribution in [3.8, 4) is 0 Å². The molecule has 1 atom stereocenters. The Labute approximate surface area is 115 Å². The number of halogens is 1. The molecule has 5 heteroatoms. The number of hydrogen-bond acceptors (Lipinski definition) is 3. The van der Waals surface area contributed by atoms with Gasteiger partial charge in [-0.15, -0.1) is 12.4 Å². The second-order valence-electron chi connectivity index (χ2n) is 5.55. The molecule has 0 aromatic rings. The smallest absolute Gasteiger partial charge is 0.237 e.